The Bertz CT molecular complexity index is 648. The van der Waals surface area contributed by atoms with Crippen LogP contribution in [0.25, 0.3) is 0 Å². The molecule has 0 saturated carbocycles. The topological polar surface area (TPSA) is 12.2 Å². The van der Waals surface area contributed by atoms with Gasteiger partial charge < -0.3 is 0 Å². The van der Waals surface area contributed by atoms with Gasteiger partial charge in [-0.3, -0.25) is 0 Å². The summed E-state index contributed by atoms with van der Waals surface area (Å²) in [7, 11) is 0. The van der Waals surface area contributed by atoms with Gasteiger partial charge in [-0.25, -0.2) is 0 Å². The summed E-state index contributed by atoms with van der Waals surface area (Å²) in [6.07, 6.45) is 2.09. The van der Waals surface area contributed by atoms with Crippen LogP contribution in [0.5, 0.6) is 0 Å². The average molecular weight is 373 g/mol. The van der Waals surface area contributed by atoms with Gasteiger partial charge >= 0.3 is 145 Å². The van der Waals surface area contributed by atoms with Crippen LogP contribution in [0.15, 0.2) is 60.7 Å². The van der Waals surface area contributed by atoms with Crippen molar-refractivity contribution in [3.05, 3.63) is 66.2 Å². The number of hydroxylamine groups is 1. The molecule has 1 aliphatic heterocycles. The van der Waals surface area contributed by atoms with Crippen LogP contribution in [0.3, 0.4) is 0 Å². The molecule has 0 unspecified atom stereocenters. The van der Waals surface area contributed by atoms with Crippen LogP contribution in [0.2, 0.25) is 4.82 Å². The molecule has 2 aromatic carbocycles. The molecule has 1 saturated heterocycles. The molecule has 3 rings (SSSR count). The number of hydrogen-bond donors (Lipinski definition) is 0. The Labute approximate surface area is 145 Å². The Morgan fingerprint density at radius 2 is 1.61 bits per heavy atom. The minimum absolute atomic E-state index is 0.339. The van der Waals surface area contributed by atoms with Crippen LogP contribution in [0.4, 0.5) is 0 Å². The van der Waals surface area contributed by atoms with Crippen LogP contribution in [-0.4, -0.2) is 32.0 Å². The van der Waals surface area contributed by atoms with Gasteiger partial charge in [-0.2, -0.15) is 0 Å². The fourth-order valence-corrected chi connectivity index (χ4v) is 5.59. The van der Waals surface area contributed by atoms with Gasteiger partial charge in [0.05, 0.1) is 0 Å². The van der Waals surface area contributed by atoms with E-state index in [2.05, 4.69) is 79.2 Å². The number of rotatable bonds is 5. The van der Waals surface area contributed by atoms with Gasteiger partial charge in [0.25, 0.3) is 0 Å². The SMILES string of the molecule is CCC(CC)=[N+]1OC[C@@H]([Se]c2ccccc2)[C@@H]1c1ccccc1. The monoisotopic (exact) mass is 374 g/mol. The molecule has 3 heteroatoms. The van der Waals surface area contributed by atoms with Gasteiger partial charge in [0.15, 0.2) is 0 Å². The maximum absolute atomic E-state index is 6.16. The van der Waals surface area contributed by atoms with E-state index in [0.29, 0.717) is 25.8 Å². The van der Waals surface area contributed by atoms with E-state index in [9.17, 15) is 0 Å². The summed E-state index contributed by atoms with van der Waals surface area (Å²) >= 11 is 0.406. The second-order valence-corrected chi connectivity index (χ2v) is 8.47. The average Bonchev–Trinajstić information content (AvgIpc) is 3.01. The first kappa shape index (κ1) is 16.3. The van der Waals surface area contributed by atoms with Crippen molar-refractivity contribution in [2.45, 2.75) is 37.5 Å². The molecule has 0 bridgehead atoms. The molecular weight excluding hydrogens is 349 g/mol. The molecule has 1 heterocycles. The van der Waals surface area contributed by atoms with Crippen molar-refractivity contribution in [1.82, 2.24) is 0 Å². The molecule has 0 spiro atoms. The van der Waals surface area contributed by atoms with Gasteiger partial charge in [0.1, 0.15) is 0 Å². The zero-order valence-electron chi connectivity index (χ0n) is 13.8. The van der Waals surface area contributed by atoms with Gasteiger partial charge in [-0.05, 0) is 0 Å². The third-order valence-corrected chi connectivity index (χ3v) is 6.89. The Morgan fingerprint density at radius 3 is 2.22 bits per heavy atom. The summed E-state index contributed by atoms with van der Waals surface area (Å²) in [4.78, 5) is 6.70. The number of hydrogen-bond acceptors (Lipinski definition) is 1. The van der Waals surface area contributed by atoms with E-state index in [0.717, 1.165) is 19.4 Å². The normalized spacial score (nSPS) is 20.3. The third kappa shape index (κ3) is 3.68. The molecule has 2 atom stereocenters. The van der Waals surface area contributed by atoms with Gasteiger partial charge in [0, 0.05) is 0 Å². The van der Waals surface area contributed by atoms with E-state index < -0.39 is 0 Å². The van der Waals surface area contributed by atoms with E-state index >= 15 is 0 Å². The second kappa shape index (κ2) is 7.81. The molecule has 1 fully saturated rings. The first-order chi connectivity index (χ1) is 11.3. The van der Waals surface area contributed by atoms with Crippen molar-refractivity contribution in [2.75, 3.05) is 6.61 Å². The summed E-state index contributed by atoms with van der Waals surface area (Å²) in [6, 6.07) is 22.0. The molecule has 2 aromatic rings. The number of benzene rings is 2. The van der Waals surface area contributed by atoms with Gasteiger partial charge in [0.2, 0.25) is 0 Å². The van der Waals surface area contributed by atoms with Crippen LogP contribution < -0.4 is 4.46 Å². The van der Waals surface area contributed by atoms with Crippen LogP contribution in [0.1, 0.15) is 38.3 Å². The van der Waals surface area contributed by atoms with Crippen molar-refractivity contribution in [3.63, 3.8) is 0 Å². The zero-order valence-corrected chi connectivity index (χ0v) is 15.5. The van der Waals surface area contributed by atoms with Crippen molar-refractivity contribution in [3.8, 4) is 0 Å². The fourth-order valence-electron chi connectivity index (χ4n) is 3.10. The Kier molecular flexibility index (Phi) is 5.53. The van der Waals surface area contributed by atoms with E-state index in [4.69, 9.17) is 4.84 Å². The molecule has 0 aliphatic carbocycles. The zero-order chi connectivity index (χ0) is 16.1. The first-order valence-electron chi connectivity index (χ1n) is 8.37. The molecule has 23 heavy (non-hydrogen) atoms. The van der Waals surface area contributed by atoms with Crippen LogP contribution in [0, 0.1) is 0 Å². The minimum atomic E-state index is 0.339. The van der Waals surface area contributed by atoms with Crippen molar-refractivity contribution in [1.29, 1.82) is 0 Å². The Morgan fingerprint density at radius 1 is 1.00 bits per heavy atom. The maximum atomic E-state index is 6.16. The summed E-state index contributed by atoms with van der Waals surface area (Å²) in [6.45, 7) is 5.26. The molecule has 0 radical (unpaired) electrons. The third-order valence-electron chi connectivity index (χ3n) is 4.28. The summed E-state index contributed by atoms with van der Waals surface area (Å²) in [5.74, 6) is 0. The van der Waals surface area contributed by atoms with E-state index in [1.165, 1.54) is 15.7 Å². The molecule has 0 amide bonds. The van der Waals surface area contributed by atoms with Gasteiger partial charge in [-0.15, -0.1) is 0 Å². The first-order valence-corrected chi connectivity index (χ1v) is 10.2. The number of nitrogens with zero attached hydrogens (tertiary/aromatic N) is 1. The van der Waals surface area contributed by atoms with Crippen molar-refractivity contribution in [2.24, 2.45) is 0 Å². The quantitative estimate of drug-likeness (QED) is 0.574. The molecule has 0 aromatic heterocycles. The Hall–Kier alpha value is -1.57. The molecule has 1 aliphatic rings. The molecule has 0 N–H and O–H groups in total. The van der Waals surface area contributed by atoms with E-state index in [-0.39, 0.29) is 0 Å². The molecule has 120 valence electrons. The van der Waals surface area contributed by atoms with Crippen LogP contribution >= 0.6 is 0 Å². The fraction of sp³-hybridized carbons (Fsp3) is 0.350. The van der Waals surface area contributed by atoms with E-state index in [1.807, 2.05) is 0 Å². The second-order valence-electron chi connectivity index (χ2n) is 5.72. The molecular formula is C20H24NOSe+. The van der Waals surface area contributed by atoms with Gasteiger partial charge in [-0.1, -0.05) is 0 Å². The summed E-state index contributed by atoms with van der Waals surface area (Å²) in [5.41, 5.74) is 2.76. The molecule has 2 nitrogen and oxygen atoms in total. The summed E-state index contributed by atoms with van der Waals surface area (Å²) < 4.78 is 3.66. The van der Waals surface area contributed by atoms with Crippen molar-refractivity contribution < 1.29 is 9.58 Å². The Balaban J connectivity index is 1.95. The van der Waals surface area contributed by atoms with E-state index in [1.54, 1.807) is 0 Å². The predicted molar refractivity (Wildman–Crippen MR) is 96.6 cm³/mol. The standard InChI is InChI=1S/C20H24NOSe/c1-3-17(4-2)21-20(16-11-7-5-8-12-16)19(15-22-21)23-18-13-9-6-10-14-18/h5-14,19-20H,3-4,15H2,1-2H3/q+1/t19-,20+/m1/s1. The van der Waals surface area contributed by atoms with Crippen molar-refractivity contribution >= 4 is 25.1 Å². The van der Waals surface area contributed by atoms with Crippen LogP contribution in [-0.2, 0) is 4.84 Å². The predicted octanol–water partition coefficient (Wildman–Crippen LogP) is 3.76. The summed E-state index contributed by atoms with van der Waals surface area (Å²) in [5, 5.41) is 0.